The number of nitriles is 1. The van der Waals surface area contributed by atoms with Crippen molar-refractivity contribution in [1.82, 2.24) is 15.3 Å². The van der Waals surface area contributed by atoms with E-state index in [9.17, 15) is 0 Å². The molecular weight excluding hydrogens is 212 g/mol. The molecule has 0 saturated carbocycles. The fourth-order valence-corrected chi connectivity index (χ4v) is 1.47. The molecule has 1 heterocycles. The summed E-state index contributed by atoms with van der Waals surface area (Å²) in [6.45, 7) is 1.50. The Balaban J connectivity index is 1.84. The van der Waals surface area contributed by atoms with Gasteiger partial charge in [0.2, 0.25) is 0 Å². The number of hydrogen-bond donors (Lipinski definition) is 1. The average molecular weight is 224 g/mol. The summed E-state index contributed by atoms with van der Waals surface area (Å²) in [6, 6.07) is 9.65. The highest BCUT2D eigenvalue weighted by Gasteiger charge is 1.95. The van der Waals surface area contributed by atoms with Crippen LogP contribution in [0.5, 0.6) is 0 Å². The van der Waals surface area contributed by atoms with Crippen LogP contribution < -0.4 is 5.32 Å². The second-order valence-corrected chi connectivity index (χ2v) is 3.66. The summed E-state index contributed by atoms with van der Waals surface area (Å²) in [5.74, 6) is 0. The monoisotopic (exact) mass is 224 g/mol. The highest BCUT2D eigenvalue weighted by atomic mass is 14.9. The van der Waals surface area contributed by atoms with Crippen LogP contribution in [0, 0.1) is 11.3 Å². The van der Waals surface area contributed by atoms with Crippen LogP contribution in [0.15, 0.2) is 43.0 Å². The third-order valence-corrected chi connectivity index (χ3v) is 2.36. The molecule has 17 heavy (non-hydrogen) atoms. The van der Waals surface area contributed by atoms with E-state index in [0.717, 1.165) is 24.2 Å². The zero-order valence-corrected chi connectivity index (χ0v) is 9.30. The highest BCUT2D eigenvalue weighted by Crippen LogP contribution is 2.03. The van der Waals surface area contributed by atoms with Gasteiger partial charge in [0, 0.05) is 31.0 Å². The third kappa shape index (κ3) is 3.37. The van der Waals surface area contributed by atoms with Crippen molar-refractivity contribution in [2.45, 2.75) is 13.1 Å². The number of hydrogen-bond acceptors (Lipinski definition) is 4. The van der Waals surface area contributed by atoms with E-state index in [1.54, 1.807) is 12.4 Å². The Labute approximate surface area is 100.0 Å². The van der Waals surface area contributed by atoms with Gasteiger partial charge in [-0.25, -0.2) is 9.97 Å². The number of aromatic nitrogens is 2. The zero-order valence-electron chi connectivity index (χ0n) is 9.30. The number of nitrogens with zero attached hydrogens (tertiary/aromatic N) is 3. The van der Waals surface area contributed by atoms with Crippen LogP contribution in [0.4, 0.5) is 0 Å². The van der Waals surface area contributed by atoms with Gasteiger partial charge >= 0.3 is 0 Å². The van der Waals surface area contributed by atoms with E-state index in [4.69, 9.17) is 5.26 Å². The number of nitrogens with one attached hydrogen (secondary N) is 1. The SMILES string of the molecule is N#Cc1ccc(CNCc2cncnc2)cc1. The summed E-state index contributed by atoms with van der Waals surface area (Å²) in [6.07, 6.45) is 5.10. The normalized spacial score (nSPS) is 9.82. The molecule has 0 aliphatic rings. The predicted octanol–water partition coefficient (Wildman–Crippen LogP) is 1.64. The Morgan fingerprint density at radius 1 is 1.00 bits per heavy atom. The Morgan fingerprint density at radius 2 is 1.65 bits per heavy atom. The molecule has 0 saturated heterocycles. The maximum absolute atomic E-state index is 8.67. The summed E-state index contributed by atoms with van der Waals surface area (Å²) in [4.78, 5) is 7.89. The lowest BCUT2D eigenvalue weighted by Gasteiger charge is -2.04. The Morgan fingerprint density at radius 3 is 2.29 bits per heavy atom. The molecule has 0 atom stereocenters. The lowest BCUT2D eigenvalue weighted by atomic mass is 10.1. The number of rotatable bonds is 4. The van der Waals surface area contributed by atoms with E-state index in [-0.39, 0.29) is 0 Å². The first kappa shape index (κ1) is 11.2. The van der Waals surface area contributed by atoms with Gasteiger partial charge in [0.1, 0.15) is 6.33 Å². The maximum atomic E-state index is 8.67. The first-order chi connectivity index (χ1) is 8.38. The van der Waals surface area contributed by atoms with Gasteiger partial charge in [-0.1, -0.05) is 12.1 Å². The van der Waals surface area contributed by atoms with Gasteiger partial charge in [-0.15, -0.1) is 0 Å². The molecule has 1 aromatic carbocycles. The van der Waals surface area contributed by atoms with Gasteiger partial charge in [-0.05, 0) is 17.7 Å². The Hall–Kier alpha value is -2.25. The smallest absolute Gasteiger partial charge is 0.115 e. The molecular formula is C13H12N4. The molecule has 0 amide bonds. The summed E-state index contributed by atoms with van der Waals surface area (Å²) in [7, 11) is 0. The molecule has 0 unspecified atom stereocenters. The van der Waals surface area contributed by atoms with Crippen molar-refractivity contribution < 1.29 is 0 Å². The van der Waals surface area contributed by atoms with Crippen molar-refractivity contribution in [3.63, 3.8) is 0 Å². The van der Waals surface area contributed by atoms with Crippen molar-refractivity contribution in [3.8, 4) is 6.07 Å². The van der Waals surface area contributed by atoms with Gasteiger partial charge < -0.3 is 5.32 Å². The Bertz CT molecular complexity index is 499. The topological polar surface area (TPSA) is 61.6 Å². The third-order valence-electron chi connectivity index (χ3n) is 2.36. The standard InChI is InChI=1S/C13H12N4/c14-5-11-1-3-12(4-2-11)6-15-7-13-8-16-10-17-9-13/h1-4,8-10,15H,6-7H2. The molecule has 4 nitrogen and oxygen atoms in total. The zero-order chi connectivity index (χ0) is 11.9. The van der Waals surface area contributed by atoms with Crippen molar-refractivity contribution in [1.29, 1.82) is 5.26 Å². The van der Waals surface area contributed by atoms with Crippen molar-refractivity contribution in [2.24, 2.45) is 0 Å². The average Bonchev–Trinajstić information content (AvgIpc) is 2.41. The minimum absolute atomic E-state index is 0.685. The van der Waals surface area contributed by atoms with Gasteiger partial charge in [0.05, 0.1) is 11.6 Å². The molecule has 0 radical (unpaired) electrons. The summed E-state index contributed by atoms with van der Waals surface area (Å²) in [5.41, 5.74) is 2.90. The largest absolute Gasteiger partial charge is 0.309 e. The van der Waals surface area contributed by atoms with E-state index < -0.39 is 0 Å². The van der Waals surface area contributed by atoms with Gasteiger partial charge in [0.25, 0.3) is 0 Å². The molecule has 0 spiro atoms. The van der Waals surface area contributed by atoms with E-state index in [1.165, 1.54) is 6.33 Å². The molecule has 1 aromatic heterocycles. The molecule has 2 aromatic rings. The van der Waals surface area contributed by atoms with E-state index in [0.29, 0.717) is 5.56 Å². The lowest BCUT2D eigenvalue weighted by molar-refractivity contribution is 0.688. The first-order valence-electron chi connectivity index (χ1n) is 5.32. The minimum atomic E-state index is 0.685. The predicted molar refractivity (Wildman–Crippen MR) is 63.7 cm³/mol. The van der Waals surface area contributed by atoms with Crippen LogP contribution in [-0.4, -0.2) is 9.97 Å². The van der Waals surface area contributed by atoms with Crippen LogP contribution in [-0.2, 0) is 13.1 Å². The van der Waals surface area contributed by atoms with Crippen molar-refractivity contribution in [3.05, 3.63) is 59.7 Å². The van der Waals surface area contributed by atoms with Crippen LogP contribution in [0.3, 0.4) is 0 Å². The molecule has 1 N–H and O–H groups in total. The second kappa shape index (κ2) is 5.73. The minimum Gasteiger partial charge on any atom is -0.309 e. The molecule has 0 aliphatic carbocycles. The first-order valence-corrected chi connectivity index (χ1v) is 5.32. The summed E-state index contributed by atoms with van der Waals surface area (Å²) in [5, 5.41) is 12.0. The van der Waals surface area contributed by atoms with Gasteiger partial charge in [-0.3, -0.25) is 0 Å². The summed E-state index contributed by atoms with van der Waals surface area (Å²) < 4.78 is 0. The molecule has 2 rings (SSSR count). The molecule has 0 aliphatic heterocycles. The molecule has 0 bridgehead atoms. The summed E-state index contributed by atoms with van der Waals surface area (Å²) >= 11 is 0. The van der Waals surface area contributed by atoms with E-state index >= 15 is 0 Å². The fraction of sp³-hybridized carbons (Fsp3) is 0.154. The van der Waals surface area contributed by atoms with Crippen LogP contribution in [0.25, 0.3) is 0 Å². The molecule has 4 heteroatoms. The second-order valence-electron chi connectivity index (χ2n) is 3.66. The highest BCUT2D eigenvalue weighted by molar-refractivity contribution is 5.31. The maximum Gasteiger partial charge on any atom is 0.115 e. The fourth-order valence-electron chi connectivity index (χ4n) is 1.47. The van der Waals surface area contributed by atoms with E-state index in [1.807, 2.05) is 24.3 Å². The van der Waals surface area contributed by atoms with Crippen LogP contribution in [0.2, 0.25) is 0 Å². The van der Waals surface area contributed by atoms with Crippen LogP contribution >= 0.6 is 0 Å². The quantitative estimate of drug-likeness (QED) is 0.857. The molecule has 0 fully saturated rings. The van der Waals surface area contributed by atoms with Gasteiger partial charge in [-0.2, -0.15) is 5.26 Å². The van der Waals surface area contributed by atoms with Crippen molar-refractivity contribution in [2.75, 3.05) is 0 Å². The van der Waals surface area contributed by atoms with Crippen molar-refractivity contribution >= 4 is 0 Å². The van der Waals surface area contributed by atoms with Crippen LogP contribution in [0.1, 0.15) is 16.7 Å². The lowest BCUT2D eigenvalue weighted by Crippen LogP contribution is -2.12. The molecule has 84 valence electrons. The Kier molecular flexibility index (Phi) is 3.79. The van der Waals surface area contributed by atoms with E-state index in [2.05, 4.69) is 21.4 Å². The number of benzene rings is 1. The van der Waals surface area contributed by atoms with Gasteiger partial charge in [0.15, 0.2) is 0 Å².